The van der Waals surface area contributed by atoms with Crippen LogP contribution in [0.2, 0.25) is 0 Å². The number of sulfone groups is 1. The summed E-state index contributed by atoms with van der Waals surface area (Å²) in [6, 6.07) is 8.53. The Labute approximate surface area is 152 Å². The van der Waals surface area contributed by atoms with Gasteiger partial charge in [-0.05, 0) is 17.9 Å². The Morgan fingerprint density at radius 3 is 2.35 bits per heavy atom. The molecule has 2 atom stereocenters. The molecule has 0 aliphatic carbocycles. The lowest BCUT2D eigenvalue weighted by Gasteiger charge is -2.18. The molecule has 0 unspecified atom stereocenters. The Balaban J connectivity index is 1.82. The van der Waals surface area contributed by atoms with E-state index in [4.69, 9.17) is 0 Å². The van der Waals surface area contributed by atoms with Crippen molar-refractivity contribution in [3.8, 4) is 0 Å². The lowest BCUT2D eigenvalue weighted by Crippen LogP contribution is -2.43. The second-order valence-corrected chi connectivity index (χ2v) is 8.67. The zero-order valence-corrected chi connectivity index (χ0v) is 15.3. The Bertz CT molecular complexity index is 764. The third kappa shape index (κ3) is 6.47. The number of rotatable bonds is 6. The molecule has 0 spiro atoms. The minimum Gasteiger partial charge on any atom is -0.349 e. The van der Waals surface area contributed by atoms with Crippen LogP contribution in [0.5, 0.6) is 0 Å². The predicted molar refractivity (Wildman–Crippen MR) is 95.3 cm³/mol. The predicted octanol–water partition coefficient (Wildman–Crippen LogP) is 0.226. The summed E-state index contributed by atoms with van der Waals surface area (Å²) in [7, 11) is -3.04. The van der Waals surface area contributed by atoms with Crippen LogP contribution in [0.3, 0.4) is 0 Å². The highest BCUT2D eigenvalue weighted by Gasteiger charge is 2.29. The van der Waals surface area contributed by atoms with E-state index in [-0.39, 0.29) is 36.2 Å². The number of nitrogens with one attached hydrogen (secondary N) is 3. The minimum atomic E-state index is -3.04. The number of carbonyl (C=O) groups excluding carboxylic acids is 3. The molecule has 3 N–H and O–H groups in total. The number of hydrogen-bond donors (Lipinski definition) is 3. The maximum absolute atomic E-state index is 12.1. The lowest BCUT2D eigenvalue weighted by molar-refractivity contribution is -0.130. The Morgan fingerprint density at radius 1 is 1.12 bits per heavy atom. The molecule has 1 aliphatic rings. The van der Waals surface area contributed by atoms with Crippen molar-refractivity contribution >= 4 is 27.6 Å². The highest BCUT2D eigenvalue weighted by molar-refractivity contribution is 7.91. The first-order valence-corrected chi connectivity index (χ1v) is 10.2. The number of benzene rings is 1. The van der Waals surface area contributed by atoms with Gasteiger partial charge < -0.3 is 5.32 Å². The molecule has 1 fully saturated rings. The van der Waals surface area contributed by atoms with Crippen LogP contribution in [0, 0.1) is 5.92 Å². The molecule has 1 saturated heterocycles. The van der Waals surface area contributed by atoms with Crippen molar-refractivity contribution in [2.75, 3.05) is 11.5 Å². The quantitative estimate of drug-likeness (QED) is 0.609. The molecule has 0 radical (unpaired) electrons. The van der Waals surface area contributed by atoms with Gasteiger partial charge in [-0.1, -0.05) is 30.3 Å². The van der Waals surface area contributed by atoms with Gasteiger partial charge in [-0.3, -0.25) is 25.2 Å². The Morgan fingerprint density at radius 2 is 1.77 bits per heavy atom. The molecule has 0 bridgehead atoms. The first-order valence-electron chi connectivity index (χ1n) is 8.35. The largest absolute Gasteiger partial charge is 0.349 e. The molecule has 26 heavy (non-hydrogen) atoms. The summed E-state index contributed by atoms with van der Waals surface area (Å²) in [5.41, 5.74) is 5.39. The maximum Gasteiger partial charge on any atom is 0.240 e. The fourth-order valence-electron chi connectivity index (χ4n) is 2.90. The molecule has 1 aromatic rings. The lowest BCUT2D eigenvalue weighted by atomic mass is 10.0. The zero-order valence-electron chi connectivity index (χ0n) is 14.5. The highest BCUT2D eigenvalue weighted by Crippen LogP contribution is 2.21. The standard InChI is InChI=1S/C17H23N3O5S/c1-12(21)18-15(14-5-3-2-4-6-14)10-17(23)20-19-16(22)9-13-7-8-26(24,25)11-13/h2-6,13,15H,7-11H2,1H3,(H,18,21)(H,19,22)(H,20,23)/t13-,15+/m1/s1. The summed E-state index contributed by atoms with van der Waals surface area (Å²) < 4.78 is 22.8. The molecule has 142 valence electrons. The van der Waals surface area contributed by atoms with E-state index in [1.165, 1.54) is 6.92 Å². The van der Waals surface area contributed by atoms with E-state index in [9.17, 15) is 22.8 Å². The van der Waals surface area contributed by atoms with Crippen molar-refractivity contribution in [3.63, 3.8) is 0 Å². The van der Waals surface area contributed by atoms with E-state index in [1.54, 1.807) is 24.3 Å². The summed E-state index contributed by atoms with van der Waals surface area (Å²) in [5.74, 6) is -1.26. The fraction of sp³-hybridized carbons (Fsp3) is 0.471. The van der Waals surface area contributed by atoms with Crippen molar-refractivity contribution in [2.24, 2.45) is 5.92 Å². The van der Waals surface area contributed by atoms with Crippen LogP contribution in [0.15, 0.2) is 30.3 Å². The number of hydrogen-bond acceptors (Lipinski definition) is 5. The van der Waals surface area contributed by atoms with Crippen LogP contribution in [-0.2, 0) is 24.2 Å². The van der Waals surface area contributed by atoms with E-state index in [0.29, 0.717) is 6.42 Å². The Hall–Kier alpha value is -2.42. The number of hydrazine groups is 1. The van der Waals surface area contributed by atoms with Gasteiger partial charge in [-0.25, -0.2) is 8.42 Å². The maximum atomic E-state index is 12.1. The summed E-state index contributed by atoms with van der Waals surface area (Å²) >= 11 is 0. The monoisotopic (exact) mass is 381 g/mol. The number of carbonyl (C=O) groups is 3. The van der Waals surface area contributed by atoms with Crippen LogP contribution < -0.4 is 16.2 Å². The van der Waals surface area contributed by atoms with Gasteiger partial charge in [-0.15, -0.1) is 0 Å². The molecule has 2 rings (SSSR count). The third-order valence-electron chi connectivity index (χ3n) is 4.11. The van der Waals surface area contributed by atoms with Crippen molar-refractivity contribution in [1.29, 1.82) is 0 Å². The molecule has 0 saturated carbocycles. The van der Waals surface area contributed by atoms with Gasteiger partial charge in [0.25, 0.3) is 0 Å². The van der Waals surface area contributed by atoms with Gasteiger partial charge in [0, 0.05) is 13.3 Å². The van der Waals surface area contributed by atoms with Crippen molar-refractivity contribution in [2.45, 2.75) is 32.2 Å². The second-order valence-electron chi connectivity index (χ2n) is 6.44. The molecule has 1 aromatic carbocycles. The topological polar surface area (TPSA) is 121 Å². The third-order valence-corrected chi connectivity index (χ3v) is 5.95. The average Bonchev–Trinajstić information content (AvgIpc) is 2.91. The molecule has 8 nitrogen and oxygen atoms in total. The van der Waals surface area contributed by atoms with Gasteiger partial charge in [0.1, 0.15) is 0 Å². The van der Waals surface area contributed by atoms with Crippen molar-refractivity contribution < 1.29 is 22.8 Å². The Kier molecular flexibility index (Phi) is 6.73. The van der Waals surface area contributed by atoms with Crippen molar-refractivity contribution in [1.82, 2.24) is 16.2 Å². The molecular weight excluding hydrogens is 358 g/mol. The summed E-state index contributed by atoms with van der Waals surface area (Å²) in [4.78, 5) is 35.3. The van der Waals surface area contributed by atoms with Crippen LogP contribution in [0.25, 0.3) is 0 Å². The molecule has 3 amide bonds. The van der Waals surface area contributed by atoms with E-state index in [2.05, 4.69) is 16.2 Å². The summed E-state index contributed by atoms with van der Waals surface area (Å²) in [6.07, 6.45) is 0.470. The summed E-state index contributed by atoms with van der Waals surface area (Å²) in [5, 5.41) is 2.70. The molecular formula is C17H23N3O5S. The van der Waals surface area contributed by atoms with Crippen LogP contribution in [0.1, 0.15) is 37.8 Å². The SMILES string of the molecule is CC(=O)N[C@@H](CC(=O)NNC(=O)C[C@H]1CCS(=O)(=O)C1)c1ccccc1. The van der Waals surface area contributed by atoms with Crippen LogP contribution >= 0.6 is 0 Å². The van der Waals surface area contributed by atoms with Crippen molar-refractivity contribution in [3.05, 3.63) is 35.9 Å². The minimum absolute atomic E-state index is 0.00692. The first-order chi connectivity index (χ1) is 12.2. The molecule has 1 aliphatic heterocycles. The van der Waals surface area contributed by atoms with Gasteiger partial charge >= 0.3 is 0 Å². The van der Waals surface area contributed by atoms with E-state index >= 15 is 0 Å². The van der Waals surface area contributed by atoms with E-state index < -0.39 is 27.7 Å². The fourth-order valence-corrected chi connectivity index (χ4v) is 4.77. The van der Waals surface area contributed by atoms with Gasteiger partial charge in [-0.2, -0.15) is 0 Å². The molecule has 1 heterocycles. The average molecular weight is 381 g/mol. The first kappa shape index (κ1) is 19.9. The molecule has 9 heteroatoms. The normalized spacial score (nSPS) is 19.3. The van der Waals surface area contributed by atoms with Gasteiger partial charge in [0.15, 0.2) is 9.84 Å². The van der Waals surface area contributed by atoms with E-state index in [0.717, 1.165) is 5.56 Å². The van der Waals surface area contributed by atoms with E-state index in [1.807, 2.05) is 6.07 Å². The second kappa shape index (κ2) is 8.79. The van der Waals surface area contributed by atoms with Gasteiger partial charge in [0.2, 0.25) is 17.7 Å². The van der Waals surface area contributed by atoms with Crippen LogP contribution in [0.4, 0.5) is 0 Å². The highest BCUT2D eigenvalue weighted by atomic mass is 32.2. The van der Waals surface area contributed by atoms with Gasteiger partial charge in [0.05, 0.1) is 24.0 Å². The summed E-state index contributed by atoms with van der Waals surface area (Å²) in [6.45, 7) is 1.37. The number of amides is 3. The van der Waals surface area contributed by atoms with Crippen LogP contribution in [-0.4, -0.2) is 37.6 Å². The zero-order chi connectivity index (χ0) is 19.2. The molecule has 0 aromatic heterocycles. The smallest absolute Gasteiger partial charge is 0.240 e.